The minimum Gasteiger partial charge on any atom is -0.504 e. The van der Waals surface area contributed by atoms with Gasteiger partial charge in [0, 0.05) is 10.9 Å². The van der Waals surface area contributed by atoms with Gasteiger partial charge in [0.05, 0.1) is 14.2 Å². The van der Waals surface area contributed by atoms with Crippen molar-refractivity contribution in [3.05, 3.63) is 71.8 Å². The first kappa shape index (κ1) is 16.6. The van der Waals surface area contributed by atoms with E-state index in [0.29, 0.717) is 16.9 Å². The number of allylic oxidation sites excluding steroid dienone is 1. The van der Waals surface area contributed by atoms with Crippen molar-refractivity contribution in [3.63, 3.8) is 0 Å². The molecule has 0 atom stereocenters. The summed E-state index contributed by atoms with van der Waals surface area (Å²) in [5.41, 5.74) is 1.31. The molecule has 0 saturated heterocycles. The van der Waals surface area contributed by atoms with Gasteiger partial charge >= 0.3 is 0 Å². The minimum absolute atomic E-state index is 0.0343. The van der Waals surface area contributed by atoms with Crippen LogP contribution < -0.4 is 9.47 Å². The molecule has 25 heavy (non-hydrogen) atoms. The number of fused-ring (bicyclic) bond motifs is 1. The van der Waals surface area contributed by atoms with E-state index in [1.165, 1.54) is 13.2 Å². The highest BCUT2D eigenvalue weighted by molar-refractivity contribution is 6.15. The molecule has 0 fully saturated rings. The molecule has 0 unspecified atom stereocenters. The van der Waals surface area contributed by atoms with Crippen molar-refractivity contribution in [2.45, 2.75) is 0 Å². The normalized spacial score (nSPS) is 11.0. The molecule has 0 heterocycles. The molecule has 0 saturated carbocycles. The van der Waals surface area contributed by atoms with Gasteiger partial charge in [-0.25, -0.2) is 0 Å². The molecule has 1 N–H and O–H groups in total. The van der Waals surface area contributed by atoms with Gasteiger partial charge in [0.15, 0.2) is 17.3 Å². The molecule has 0 aliphatic heterocycles. The van der Waals surface area contributed by atoms with E-state index in [-0.39, 0.29) is 11.5 Å². The molecule has 126 valence electrons. The first-order chi connectivity index (χ1) is 12.1. The van der Waals surface area contributed by atoms with E-state index >= 15 is 0 Å². The third-order valence-electron chi connectivity index (χ3n) is 4.00. The van der Waals surface area contributed by atoms with Crippen molar-refractivity contribution >= 4 is 22.6 Å². The zero-order chi connectivity index (χ0) is 17.8. The van der Waals surface area contributed by atoms with E-state index in [1.807, 2.05) is 24.3 Å². The Bertz CT molecular complexity index is 957. The number of phenols is 1. The number of hydrogen-bond acceptors (Lipinski definition) is 4. The standard InChI is InChI=1S/C21H18O4/c1-24-20-12-9-16(15-5-3-4-6-17(15)20)18(22)10-7-14-8-11-21(25-2)19(23)13-14/h3-13,23H,1-2H3/b10-7+. The summed E-state index contributed by atoms with van der Waals surface area (Å²) in [4.78, 5) is 12.6. The molecule has 3 aromatic rings. The van der Waals surface area contributed by atoms with Crippen LogP contribution in [0.25, 0.3) is 16.8 Å². The van der Waals surface area contributed by atoms with Crippen LogP contribution in [0.1, 0.15) is 15.9 Å². The maximum Gasteiger partial charge on any atom is 0.186 e. The average molecular weight is 334 g/mol. The highest BCUT2D eigenvalue weighted by atomic mass is 16.5. The third-order valence-corrected chi connectivity index (χ3v) is 4.00. The van der Waals surface area contributed by atoms with Crippen molar-refractivity contribution < 1.29 is 19.4 Å². The van der Waals surface area contributed by atoms with Gasteiger partial charge in [-0.2, -0.15) is 0 Å². The molecule has 4 nitrogen and oxygen atoms in total. The van der Waals surface area contributed by atoms with Gasteiger partial charge in [0.25, 0.3) is 0 Å². The monoisotopic (exact) mass is 334 g/mol. The van der Waals surface area contributed by atoms with Gasteiger partial charge < -0.3 is 14.6 Å². The molecule has 0 amide bonds. The van der Waals surface area contributed by atoms with Crippen LogP contribution in [-0.2, 0) is 0 Å². The molecule has 0 aliphatic carbocycles. The first-order valence-electron chi connectivity index (χ1n) is 7.79. The SMILES string of the molecule is COc1ccc(/C=C/C(=O)c2ccc(OC)c3ccccc23)cc1O. The second-order valence-electron chi connectivity index (χ2n) is 5.49. The lowest BCUT2D eigenvalue weighted by Crippen LogP contribution is -1.97. The molecular weight excluding hydrogens is 316 g/mol. The lowest BCUT2D eigenvalue weighted by molar-refractivity contribution is 0.104. The molecule has 0 spiro atoms. The van der Waals surface area contributed by atoms with Crippen LogP contribution in [0, 0.1) is 0 Å². The van der Waals surface area contributed by atoms with E-state index in [9.17, 15) is 9.90 Å². The van der Waals surface area contributed by atoms with Crippen LogP contribution in [0.3, 0.4) is 0 Å². The highest BCUT2D eigenvalue weighted by Crippen LogP contribution is 2.29. The lowest BCUT2D eigenvalue weighted by Gasteiger charge is -2.08. The first-order valence-corrected chi connectivity index (χ1v) is 7.79. The second kappa shape index (κ2) is 7.09. The number of hydrogen-bond donors (Lipinski definition) is 1. The average Bonchev–Trinajstić information content (AvgIpc) is 2.65. The van der Waals surface area contributed by atoms with Crippen LogP contribution in [-0.4, -0.2) is 25.1 Å². The Morgan fingerprint density at radius 3 is 2.28 bits per heavy atom. The van der Waals surface area contributed by atoms with E-state index in [1.54, 1.807) is 43.5 Å². The quantitative estimate of drug-likeness (QED) is 0.553. The lowest BCUT2D eigenvalue weighted by atomic mass is 10.00. The zero-order valence-electron chi connectivity index (χ0n) is 14.0. The summed E-state index contributed by atoms with van der Waals surface area (Å²) in [6, 6.07) is 16.2. The molecule has 3 rings (SSSR count). The number of rotatable bonds is 5. The fraction of sp³-hybridized carbons (Fsp3) is 0.0952. The predicted octanol–water partition coefficient (Wildman–Crippen LogP) is 4.46. The third kappa shape index (κ3) is 3.33. The van der Waals surface area contributed by atoms with Crippen molar-refractivity contribution in [1.29, 1.82) is 0 Å². The fourth-order valence-electron chi connectivity index (χ4n) is 2.74. The number of carbonyl (C=O) groups excluding carboxylic acids is 1. The van der Waals surface area contributed by atoms with Gasteiger partial charge in [0.2, 0.25) is 0 Å². The molecular formula is C21H18O4. The van der Waals surface area contributed by atoms with Crippen LogP contribution in [0.15, 0.2) is 60.7 Å². The van der Waals surface area contributed by atoms with Crippen LogP contribution >= 0.6 is 0 Å². The number of carbonyl (C=O) groups is 1. The van der Waals surface area contributed by atoms with Gasteiger partial charge in [-0.05, 0) is 41.3 Å². The Hall–Kier alpha value is -3.27. The number of benzene rings is 3. The maximum absolute atomic E-state index is 12.6. The van der Waals surface area contributed by atoms with Crippen molar-refractivity contribution in [2.24, 2.45) is 0 Å². The summed E-state index contributed by atoms with van der Waals surface area (Å²) < 4.78 is 10.4. The Morgan fingerprint density at radius 1 is 0.920 bits per heavy atom. The Morgan fingerprint density at radius 2 is 1.60 bits per heavy atom. The van der Waals surface area contributed by atoms with E-state index in [2.05, 4.69) is 0 Å². The summed E-state index contributed by atoms with van der Waals surface area (Å²) >= 11 is 0. The van der Waals surface area contributed by atoms with Crippen molar-refractivity contribution in [3.8, 4) is 17.2 Å². The summed E-state index contributed by atoms with van der Waals surface area (Å²) in [5, 5.41) is 11.6. The summed E-state index contributed by atoms with van der Waals surface area (Å²) in [6.07, 6.45) is 3.16. The maximum atomic E-state index is 12.6. The van der Waals surface area contributed by atoms with Crippen LogP contribution in [0.4, 0.5) is 0 Å². The van der Waals surface area contributed by atoms with E-state index < -0.39 is 0 Å². The second-order valence-corrected chi connectivity index (χ2v) is 5.49. The summed E-state index contributed by atoms with van der Waals surface area (Å²) in [6.45, 7) is 0. The molecule has 0 radical (unpaired) electrons. The number of ether oxygens (including phenoxy) is 2. The number of phenolic OH excluding ortho intramolecular Hbond substituents is 1. The highest BCUT2D eigenvalue weighted by Gasteiger charge is 2.10. The van der Waals surface area contributed by atoms with Gasteiger partial charge in [-0.1, -0.05) is 36.4 Å². The molecule has 3 aromatic carbocycles. The van der Waals surface area contributed by atoms with Crippen molar-refractivity contribution in [1.82, 2.24) is 0 Å². The number of ketones is 1. The fourth-order valence-corrected chi connectivity index (χ4v) is 2.74. The van der Waals surface area contributed by atoms with Crippen molar-refractivity contribution in [2.75, 3.05) is 14.2 Å². The summed E-state index contributed by atoms with van der Waals surface area (Å²) in [5.74, 6) is 1.04. The van der Waals surface area contributed by atoms with Gasteiger partial charge in [-0.15, -0.1) is 0 Å². The topological polar surface area (TPSA) is 55.8 Å². The predicted molar refractivity (Wildman–Crippen MR) is 98.5 cm³/mol. The minimum atomic E-state index is -0.117. The Kier molecular flexibility index (Phi) is 4.70. The molecule has 0 aromatic heterocycles. The number of aromatic hydroxyl groups is 1. The summed E-state index contributed by atoms with van der Waals surface area (Å²) in [7, 11) is 3.10. The van der Waals surface area contributed by atoms with Crippen LogP contribution in [0.2, 0.25) is 0 Å². The number of methoxy groups -OCH3 is 2. The Labute approximate surface area is 145 Å². The largest absolute Gasteiger partial charge is 0.504 e. The van der Waals surface area contributed by atoms with E-state index in [0.717, 1.165) is 16.5 Å². The Balaban J connectivity index is 1.94. The molecule has 4 heteroatoms. The van der Waals surface area contributed by atoms with Crippen LogP contribution in [0.5, 0.6) is 17.2 Å². The zero-order valence-corrected chi connectivity index (χ0v) is 14.0. The molecule has 0 aliphatic rings. The smallest absolute Gasteiger partial charge is 0.186 e. The molecule has 0 bridgehead atoms. The van der Waals surface area contributed by atoms with Gasteiger partial charge in [0.1, 0.15) is 5.75 Å². The van der Waals surface area contributed by atoms with Gasteiger partial charge in [-0.3, -0.25) is 4.79 Å². The van der Waals surface area contributed by atoms with E-state index in [4.69, 9.17) is 9.47 Å².